The summed E-state index contributed by atoms with van der Waals surface area (Å²) < 4.78 is 0. The molecule has 0 radical (unpaired) electrons. The molecule has 0 aromatic heterocycles. The van der Waals surface area contributed by atoms with E-state index in [0.717, 1.165) is 50.7 Å². The molecule has 1 aliphatic rings. The number of piperidine rings is 1. The van der Waals surface area contributed by atoms with Crippen LogP contribution < -0.4 is 10.6 Å². The van der Waals surface area contributed by atoms with Gasteiger partial charge in [-0.3, -0.25) is 9.79 Å². The van der Waals surface area contributed by atoms with E-state index < -0.39 is 0 Å². The van der Waals surface area contributed by atoms with Gasteiger partial charge in [-0.2, -0.15) is 0 Å². The number of thioether (sulfide) groups is 1. The Bertz CT molecular complexity index is 542. The van der Waals surface area contributed by atoms with Crippen LogP contribution in [0.25, 0.3) is 0 Å². The van der Waals surface area contributed by atoms with Gasteiger partial charge in [0.1, 0.15) is 0 Å². The average molecular weight is 363 g/mol. The third kappa shape index (κ3) is 6.98. The number of amides is 1. The number of carbonyl (C=O) groups is 1. The smallest absolute Gasteiger partial charge is 0.220 e. The molecule has 5 nitrogen and oxygen atoms in total. The summed E-state index contributed by atoms with van der Waals surface area (Å²) in [4.78, 5) is 19.9. The van der Waals surface area contributed by atoms with Gasteiger partial charge in [-0.1, -0.05) is 18.2 Å². The SMILES string of the molecule is CCNC(=NCCSc1ccccc1)N1CCC(CC(=O)NC)CC1. The van der Waals surface area contributed by atoms with E-state index >= 15 is 0 Å². The van der Waals surface area contributed by atoms with Gasteiger partial charge in [0.15, 0.2) is 5.96 Å². The Kier molecular flexibility index (Phi) is 8.66. The third-order valence-electron chi connectivity index (χ3n) is 4.37. The van der Waals surface area contributed by atoms with Crippen molar-refractivity contribution in [3.05, 3.63) is 30.3 Å². The van der Waals surface area contributed by atoms with Crippen LogP contribution in [-0.4, -0.2) is 55.7 Å². The van der Waals surface area contributed by atoms with Crippen molar-refractivity contribution in [3.8, 4) is 0 Å². The molecule has 2 N–H and O–H groups in total. The lowest BCUT2D eigenvalue weighted by atomic mass is 9.93. The molecule has 0 saturated carbocycles. The standard InChI is InChI=1S/C19H30N4OS/c1-3-21-19(22-11-14-25-17-7-5-4-6-8-17)23-12-9-16(10-13-23)15-18(24)20-2/h4-8,16H,3,9-15H2,1-2H3,(H,20,24)(H,21,22). The maximum atomic E-state index is 11.5. The molecular weight excluding hydrogens is 332 g/mol. The topological polar surface area (TPSA) is 56.7 Å². The Hall–Kier alpha value is -1.69. The first kappa shape index (κ1) is 19.6. The number of nitrogens with one attached hydrogen (secondary N) is 2. The second-order valence-electron chi connectivity index (χ2n) is 6.20. The van der Waals surface area contributed by atoms with Gasteiger partial charge in [0.2, 0.25) is 5.91 Å². The molecule has 0 bridgehead atoms. The number of hydrogen-bond donors (Lipinski definition) is 2. The van der Waals surface area contributed by atoms with Crippen LogP contribution in [0.3, 0.4) is 0 Å². The lowest BCUT2D eigenvalue weighted by molar-refractivity contribution is -0.121. The summed E-state index contributed by atoms with van der Waals surface area (Å²) in [5.41, 5.74) is 0. The summed E-state index contributed by atoms with van der Waals surface area (Å²) in [7, 11) is 1.71. The van der Waals surface area contributed by atoms with Crippen molar-refractivity contribution in [2.75, 3.05) is 39.0 Å². The maximum absolute atomic E-state index is 11.5. The van der Waals surface area contributed by atoms with Crippen molar-refractivity contribution in [1.82, 2.24) is 15.5 Å². The summed E-state index contributed by atoms with van der Waals surface area (Å²) >= 11 is 1.84. The highest BCUT2D eigenvalue weighted by Crippen LogP contribution is 2.21. The molecule has 1 aliphatic heterocycles. The third-order valence-corrected chi connectivity index (χ3v) is 5.36. The van der Waals surface area contributed by atoms with Crippen LogP contribution in [0.1, 0.15) is 26.2 Å². The molecule has 0 aliphatic carbocycles. The fourth-order valence-electron chi connectivity index (χ4n) is 2.97. The number of carbonyl (C=O) groups excluding carboxylic acids is 1. The Morgan fingerprint density at radius 3 is 2.64 bits per heavy atom. The van der Waals surface area contributed by atoms with Gasteiger partial charge in [0.05, 0.1) is 6.54 Å². The molecule has 0 unspecified atom stereocenters. The molecule has 1 aromatic rings. The van der Waals surface area contributed by atoms with Gasteiger partial charge >= 0.3 is 0 Å². The van der Waals surface area contributed by atoms with Gasteiger partial charge in [0, 0.05) is 43.8 Å². The molecule has 0 spiro atoms. The van der Waals surface area contributed by atoms with Crippen molar-refractivity contribution in [1.29, 1.82) is 0 Å². The minimum Gasteiger partial charge on any atom is -0.359 e. The van der Waals surface area contributed by atoms with Crippen molar-refractivity contribution >= 4 is 23.6 Å². The second-order valence-corrected chi connectivity index (χ2v) is 7.37. The minimum atomic E-state index is 0.150. The minimum absolute atomic E-state index is 0.150. The molecule has 138 valence electrons. The summed E-state index contributed by atoms with van der Waals surface area (Å²) in [6.45, 7) is 5.73. The van der Waals surface area contributed by atoms with Crippen LogP contribution in [0, 0.1) is 5.92 Å². The maximum Gasteiger partial charge on any atom is 0.220 e. The summed E-state index contributed by atoms with van der Waals surface area (Å²) in [5.74, 6) is 2.63. The Labute approximate surface area is 155 Å². The van der Waals surface area contributed by atoms with E-state index in [0.29, 0.717) is 12.3 Å². The Balaban J connectivity index is 1.78. The molecule has 0 atom stereocenters. The van der Waals surface area contributed by atoms with Crippen LogP contribution in [0.2, 0.25) is 0 Å². The molecule has 25 heavy (non-hydrogen) atoms. The molecule has 1 heterocycles. The van der Waals surface area contributed by atoms with E-state index in [1.54, 1.807) is 7.05 Å². The lowest BCUT2D eigenvalue weighted by Gasteiger charge is -2.34. The van der Waals surface area contributed by atoms with E-state index in [4.69, 9.17) is 4.99 Å². The van der Waals surface area contributed by atoms with E-state index in [-0.39, 0.29) is 5.91 Å². The van der Waals surface area contributed by atoms with Crippen molar-refractivity contribution in [2.24, 2.45) is 10.9 Å². The van der Waals surface area contributed by atoms with Crippen LogP contribution in [-0.2, 0) is 4.79 Å². The first-order valence-corrected chi connectivity index (χ1v) is 10.1. The molecule has 1 aromatic carbocycles. The Morgan fingerprint density at radius 1 is 1.28 bits per heavy atom. The fourth-order valence-corrected chi connectivity index (χ4v) is 3.74. The zero-order valence-corrected chi connectivity index (χ0v) is 16.1. The summed E-state index contributed by atoms with van der Waals surface area (Å²) in [6.07, 6.45) is 2.75. The van der Waals surface area contributed by atoms with E-state index in [1.807, 2.05) is 17.8 Å². The van der Waals surface area contributed by atoms with E-state index in [9.17, 15) is 4.79 Å². The second kappa shape index (κ2) is 11.0. The molecule has 2 rings (SSSR count). The first-order valence-electron chi connectivity index (χ1n) is 9.14. The predicted molar refractivity (Wildman–Crippen MR) is 106 cm³/mol. The van der Waals surface area contributed by atoms with Crippen molar-refractivity contribution in [3.63, 3.8) is 0 Å². The molecule has 1 amide bonds. The zero-order chi connectivity index (χ0) is 17.9. The predicted octanol–water partition coefficient (Wildman–Crippen LogP) is 2.59. The number of aliphatic imine (C=N–C) groups is 1. The molecule has 1 saturated heterocycles. The monoisotopic (exact) mass is 362 g/mol. The average Bonchev–Trinajstić information content (AvgIpc) is 2.65. The van der Waals surface area contributed by atoms with Gasteiger partial charge in [-0.15, -0.1) is 11.8 Å². The summed E-state index contributed by atoms with van der Waals surface area (Å²) in [6, 6.07) is 10.4. The Morgan fingerprint density at radius 2 is 2.00 bits per heavy atom. The number of guanidine groups is 1. The highest BCUT2D eigenvalue weighted by Gasteiger charge is 2.22. The van der Waals surface area contributed by atoms with Gasteiger partial charge in [-0.25, -0.2) is 0 Å². The highest BCUT2D eigenvalue weighted by molar-refractivity contribution is 7.99. The molecule has 6 heteroatoms. The van der Waals surface area contributed by atoms with Gasteiger partial charge in [0.25, 0.3) is 0 Å². The molecular formula is C19H30N4OS. The quantitative estimate of drug-likeness (QED) is 0.339. The van der Waals surface area contributed by atoms with Crippen molar-refractivity contribution < 1.29 is 4.79 Å². The number of rotatable bonds is 7. The normalized spacial score (nSPS) is 15.9. The zero-order valence-electron chi connectivity index (χ0n) is 15.3. The van der Waals surface area contributed by atoms with Crippen LogP contribution >= 0.6 is 11.8 Å². The fraction of sp³-hybridized carbons (Fsp3) is 0.579. The van der Waals surface area contributed by atoms with Crippen LogP contribution in [0.15, 0.2) is 40.2 Å². The van der Waals surface area contributed by atoms with Crippen LogP contribution in [0.5, 0.6) is 0 Å². The highest BCUT2D eigenvalue weighted by atomic mass is 32.2. The van der Waals surface area contributed by atoms with Crippen LogP contribution in [0.4, 0.5) is 0 Å². The largest absolute Gasteiger partial charge is 0.359 e. The first-order chi connectivity index (χ1) is 12.2. The number of nitrogens with zero attached hydrogens (tertiary/aromatic N) is 2. The number of benzene rings is 1. The number of likely N-dealkylation sites (tertiary alicyclic amines) is 1. The number of hydrogen-bond acceptors (Lipinski definition) is 3. The van der Waals surface area contributed by atoms with E-state index in [2.05, 4.69) is 46.7 Å². The van der Waals surface area contributed by atoms with Gasteiger partial charge < -0.3 is 15.5 Å². The van der Waals surface area contributed by atoms with Crippen molar-refractivity contribution in [2.45, 2.75) is 31.1 Å². The lowest BCUT2D eigenvalue weighted by Crippen LogP contribution is -2.46. The molecule has 1 fully saturated rings. The summed E-state index contributed by atoms with van der Waals surface area (Å²) in [5, 5.41) is 6.13. The van der Waals surface area contributed by atoms with E-state index in [1.165, 1.54) is 4.90 Å². The van der Waals surface area contributed by atoms with Gasteiger partial charge in [-0.05, 0) is 37.8 Å².